The fourth-order valence-electron chi connectivity index (χ4n) is 21.5. The molecule has 0 saturated heterocycles. The highest BCUT2D eigenvalue weighted by Gasteiger charge is 2.50. The molecule has 23 rings (SSSR count). The maximum atomic E-state index is 9.39. The standard InChI is InChI=1S/C116H91B2N3O/c1-113(2,3)80-66-89(74-38-18-12-19-39-74)111(90(67-80)75-40-20-13-21-41-75)120-99-56-32-30-54-95(99)117-97-70-98-105(71-101(97)119(82-60-58-73(59-61-82)72-36-16-11-17-37-72)102-62-78(63-103(120)109(102)117)83-48-34-50-87-85-46-26-28-52-93(85)115(7,8)107(83)87)122-106-65-79(84-49-35-51-88-86-47-27-29-53-94(86)116(9,10)108(84)88)64-104-110(106)118(98)96-55-31-33-57-100(96)121(104)112-91(76-42-22-14-23-43-76)68-81(114(4,5)6)69-92(112)77-44-24-15-25-45-77/h11-71H,1-10H3/i11D,16D,17D,36D,37D. The second-order valence-electron chi connectivity index (χ2n) is 37.0. The molecule has 4 aliphatic heterocycles. The van der Waals surface area contributed by atoms with Gasteiger partial charge in [-0.05, 0) is 228 Å². The zero-order chi connectivity index (χ0) is 86.7. The van der Waals surface area contributed by atoms with Crippen LogP contribution in [-0.2, 0) is 21.7 Å². The molecule has 0 atom stereocenters. The van der Waals surface area contributed by atoms with Gasteiger partial charge >= 0.3 is 0 Å². The molecule has 122 heavy (non-hydrogen) atoms. The van der Waals surface area contributed by atoms with Gasteiger partial charge in [0.2, 0.25) is 0 Å². The van der Waals surface area contributed by atoms with E-state index in [0.717, 1.165) is 162 Å². The number of hydrogen-bond acceptors (Lipinski definition) is 4. The van der Waals surface area contributed by atoms with Crippen LogP contribution in [0.4, 0.5) is 51.2 Å². The minimum atomic E-state index is -0.433. The minimum Gasteiger partial charge on any atom is -0.458 e. The van der Waals surface area contributed by atoms with Crippen molar-refractivity contribution in [2.45, 2.75) is 90.9 Å². The summed E-state index contributed by atoms with van der Waals surface area (Å²) in [5, 5.41) is 0. The number of benzene rings is 17. The molecule has 17 aromatic rings. The van der Waals surface area contributed by atoms with Crippen molar-refractivity contribution in [3.63, 3.8) is 0 Å². The topological polar surface area (TPSA) is 19.0 Å². The van der Waals surface area contributed by atoms with Gasteiger partial charge < -0.3 is 19.4 Å². The van der Waals surface area contributed by atoms with Gasteiger partial charge in [-0.2, -0.15) is 0 Å². The molecule has 2 aliphatic carbocycles. The maximum Gasteiger partial charge on any atom is 0.256 e. The summed E-state index contributed by atoms with van der Waals surface area (Å²) < 4.78 is 53.6. The molecule has 0 N–H and O–H groups in total. The SMILES string of the molecule is [2H]c1c([2H])c([2H])c(-c2ccc(N3c4cc5c(cc4B4c6ccccc6N(c6c(-c7ccccc7)cc(C(C)(C)C)cc6-c6ccccc6)c6cc(-c7cccc8c7C(C)(C)c7ccccc7-8)cc3c64)B3c4ccccc4N(c4c(-c6ccccc6)cc(C(C)(C)C)cc4-c4ccccc4)c4cc(-c6cccc7c6C(C)(C)c6ccccc6-7)cc(c43)O5)cc2)c([2H])c1[2H]. The number of hydrogen-bond donors (Lipinski definition) is 0. The van der Waals surface area contributed by atoms with E-state index in [4.69, 9.17) is 8.85 Å². The van der Waals surface area contributed by atoms with Crippen molar-refractivity contribution < 1.29 is 11.6 Å². The van der Waals surface area contributed by atoms with E-state index in [1.54, 1.807) is 0 Å². The number of fused-ring (bicyclic) bond motifs is 14. The zero-order valence-electron chi connectivity index (χ0n) is 75.2. The molecule has 0 aromatic heterocycles. The summed E-state index contributed by atoms with van der Waals surface area (Å²) in [5.74, 6) is 1.49. The van der Waals surface area contributed by atoms with Gasteiger partial charge in [0, 0.05) is 79.0 Å². The van der Waals surface area contributed by atoms with Crippen LogP contribution in [0.3, 0.4) is 0 Å². The highest BCUT2D eigenvalue weighted by Crippen LogP contribution is 2.60. The first kappa shape index (κ1) is 67.9. The van der Waals surface area contributed by atoms with Crippen LogP contribution in [0, 0.1) is 0 Å². The monoisotopic (exact) mass is 1570 g/mol. The lowest BCUT2D eigenvalue weighted by molar-refractivity contribution is 0.488. The number of rotatable bonds is 10. The second-order valence-corrected chi connectivity index (χ2v) is 37.0. The molecule has 0 unspecified atom stereocenters. The van der Waals surface area contributed by atoms with E-state index in [1.807, 2.05) is 12.1 Å². The molecule has 0 radical (unpaired) electrons. The van der Waals surface area contributed by atoms with Crippen molar-refractivity contribution in [2.24, 2.45) is 0 Å². The largest absolute Gasteiger partial charge is 0.458 e. The Kier molecular flexibility index (Phi) is 15.2. The first-order valence-corrected chi connectivity index (χ1v) is 42.9. The average molecular weight is 1570 g/mol. The van der Waals surface area contributed by atoms with E-state index in [9.17, 15) is 2.74 Å². The molecule has 0 spiro atoms. The molecule has 582 valence electrons. The van der Waals surface area contributed by atoms with Crippen LogP contribution < -0.4 is 52.2 Å². The summed E-state index contributed by atoms with van der Waals surface area (Å²) in [6, 6.07) is 125. The van der Waals surface area contributed by atoms with Crippen LogP contribution in [0.15, 0.2) is 370 Å². The third-order valence-corrected chi connectivity index (χ3v) is 27.2. The van der Waals surface area contributed by atoms with E-state index in [2.05, 4.69) is 412 Å². The first-order valence-electron chi connectivity index (χ1n) is 45.4. The van der Waals surface area contributed by atoms with Crippen LogP contribution in [0.25, 0.3) is 100 Å². The van der Waals surface area contributed by atoms with Gasteiger partial charge in [0.15, 0.2) is 0 Å². The molecule has 4 heterocycles. The van der Waals surface area contributed by atoms with Crippen molar-refractivity contribution in [1.29, 1.82) is 0 Å². The molecule has 0 bridgehead atoms. The molecule has 0 amide bonds. The van der Waals surface area contributed by atoms with E-state index in [0.29, 0.717) is 5.56 Å². The quantitative estimate of drug-likeness (QED) is 0.127. The summed E-state index contributed by atoms with van der Waals surface area (Å²) in [6.07, 6.45) is 0. The van der Waals surface area contributed by atoms with Crippen molar-refractivity contribution in [1.82, 2.24) is 0 Å². The van der Waals surface area contributed by atoms with E-state index >= 15 is 0 Å². The fourth-order valence-corrected chi connectivity index (χ4v) is 21.5. The van der Waals surface area contributed by atoms with Gasteiger partial charge in [-0.1, -0.05) is 360 Å². The van der Waals surface area contributed by atoms with Gasteiger partial charge in [0.1, 0.15) is 11.5 Å². The maximum absolute atomic E-state index is 9.39. The van der Waals surface area contributed by atoms with E-state index in [-0.39, 0.29) is 52.7 Å². The summed E-state index contributed by atoms with van der Waals surface area (Å²) >= 11 is 0. The Morgan fingerprint density at radius 1 is 0.270 bits per heavy atom. The van der Waals surface area contributed by atoms with Crippen molar-refractivity contribution in [3.8, 4) is 112 Å². The molecular formula is C116H91B2N3O. The summed E-state index contributed by atoms with van der Waals surface area (Å²) in [6.45, 7) is 22.7. The Hall–Kier alpha value is -13.9. The van der Waals surface area contributed by atoms with Crippen molar-refractivity contribution in [2.75, 3.05) is 14.7 Å². The van der Waals surface area contributed by atoms with Crippen LogP contribution in [0.5, 0.6) is 11.5 Å². The predicted molar refractivity (Wildman–Crippen MR) is 517 cm³/mol. The second kappa shape index (κ2) is 27.3. The first-order chi connectivity index (χ1) is 61.4. The van der Waals surface area contributed by atoms with Crippen LogP contribution in [0.1, 0.15) is 109 Å². The molecule has 6 aliphatic rings. The van der Waals surface area contributed by atoms with Crippen molar-refractivity contribution >= 4 is 97.4 Å². The van der Waals surface area contributed by atoms with E-state index in [1.165, 1.54) is 55.6 Å². The summed E-state index contributed by atoms with van der Waals surface area (Å²) in [5.41, 5.74) is 40.6. The molecule has 0 fully saturated rings. The van der Waals surface area contributed by atoms with Gasteiger partial charge in [0.05, 0.1) is 18.2 Å². The minimum absolute atomic E-state index is 0.139. The molecular weight excluding hydrogens is 1470 g/mol. The predicted octanol–water partition coefficient (Wildman–Crippen LogP) is 27.1. The Morgan fingerprint density at radius 2 is 0.656 bits per heavy atom. The van der Waals surface area contributed by atoms with Gasteiger partial charge in [0.25, 0.3) is 13.4 Å². The smallest absolute Gasteiger partial charge is 0.256 e. The third kappa shape index (κ3) is 11.1. The summed E-state index contributed by atoms with van der Waals surface area (Å²) in [7, 11) is 0. The number of anilines is 9. The Balaban J connectivity index is 0.841. The third-order valence-electron chi connectivity index (χ3n) is 27.2. The Labute approximate surface area is 724 Å². The van der Waals surface area contributed by atoms with Crippen LogP contribution in [-0.4, -0.2) is 13.4 Å². The lowest BCUT2D eigenvalue weighted by Crippen LogP contribution is -2.64. The summed E-state index contributed by atoms with van der Waals surface area (Å²) in [4.78, 5) is 7.68. The van der Waals surface area contributed by atoms with Crippen molar-refractivity contribution in [3.05, 3.63) is 403 Å². The van der Waals surface area contributed by atoms with Crippen LogP contribution >= 0.6 is 0 Å². The van der Waals surface area contributed by atoms with Gasteiger partial charge in [-0.15, -0.1) is 0 Å². The Morgan fingerprint density at radius 3 is 1.11 bits per heavy atom. The molecule has 6 heteroatoms. The lowest BCUT2D eigenvalue weighted by atomic mass is 9.30. The van der Waals surface area contributed by atoms with Gasteiger partial charge in [-0.25, -0.2) is 0 Å². The van der Waals surface area contributed by atoms with E-state index < -0.39 is 18.2 Å². The van der Waals surface area contributed by atoms with Crippen LogP contribution in [0.2, 0.25) is 0 Å². The normalized spacial score (nSPS) is 14.8. The average Bonchev–Trinajstić information content (AvgIpc) is 1.03. The highest BCUT2D eigenvalue weighted by atomic mass is 16.5. The van der Waals surface area contributed by atoms with Gasteiger partial charge in [-0.3, -0.25) is 0 Å². The highest BCUT2D eigenvalue weighted by molar-refractivity contribution is 7.02. The number of nitrogens with zero attached hydrogens (tertiary/aromatic N) is 3. The molecule has 0 saturated carbocycles. The Bertz CT molecular complexity index is 7370. The zero-order valence-corrected chi connectivity index (χ0v) is 70.2. The molecule has 17 aromatic carbocycles. The number of para-hydroxylation sites is 2. The number of ether oxygens (including phenoxy) is 1. The lowest BCUT2D eigenvalue weighted by Gasteiger charge is -2.46. The fraction of sp³-hybridized carbons (Fsp3) is 0.121. The molecule has 4 nitrogen and oxygen atoms in total.